The van der Waals surface area contributed by atoms with Gasteiger partial charge in [-0.15, -0.1) is 0 Å². The van der Waals surface area contributed by atoms with E-state index in [2.05, 4.69) is 31.5 Å². The number of pyridine rings is 1. The molecule has 0 spiro atoms. The molecule has 0 unspecified atom stereocenters. The molecule has 0 radical (unpaired) electrons. The third-order valence-corrected chi connectivity index (χ3v) is 4.62. The van der Waals surface area contributed by atoms with E-state index in [9.17, 15) is 9.59 Å². The van der Waals surface area contributed by atoms with Crippen molar-refractivity contribution in [2.45, 2.75) is 6.92 Å². The molecule has 29 heavy (non-hydrogen) atoms. The molecule has 2 N–H and O–H groups in total. The molecule has 1 heterocycles. The van der Waals surface area contributed by atoms with Crippen LogP contribution in [-0.2, 0) is 9.53 Å². The third kappa shape index (κ3) is 5.49. The Morgan fingerprint density at radius 3 is 2.41 bits per heavy atom. The number of hydrogen-bond acceptors (Lipinski definition) is 4. The molecule has 6 nitrogen and oxygen atoms in total. The highest BCUT2D eigenvalue weighted by Crippen LogP contribution is 2.23. The number of hydrogen-bond donors (Lipinski definition) is 2. The minimum Gasteiger partial charge on any atom is -0.375 e. The number of anilines is 2. The van der Waals surface area contributed by atoms with E-state index in [1.54, 1.807) is 37.3 Å². The van der Waals surface area contributed by atoms with Gasteiger partial charge in [0.1, 0.15) is 6.61 Å². The fourth-order valence-corrected chi connectivity index (χ4v) is 3.21. The molecule has 2 aromatic carbocycles. The Bertz CT molecular complexity index is 1050. The molecule has 0 fully saturated rings. The number of nitrogens with one attached hydrogen (secondary N) is 2. The topological polar surface area (TPSA) is 80.3 Å². The molecular weight excluding hydrogens is 434 g/mol. The maximum atomic E-state index is 12.7. The zero-order valence-corrected chi connectivity index (χ0v) is 17.6. The molecule has 1 aromatic heterocycles. The Morgan fingerprint density at radius 1 is 1.00 bits per heavy atom. The Morgan fingerprint density at radius 2 is 1.72 bits per heavy atom. The molecule has 0 saturated heterocycles. The second-order valence-electron chi connectivity index (χ2n) is 6.36. The lowest BCUT2D eigenvalue weighted by atomic mass is 10.1. The van der Waals surface area contributed by atoms with Gasteiger partial charge in [-0.1, -0.05) is 34.1 Å². The fraction of sp³-hybridized carbons (Fsp3) is 0.136. The van der Waals surface area contributed by atoms with Gasteiger partial charge in [0, 0.05) is 28.5 Å². The van der Waals surface area contributed by atoms with Crippen LogP contribution in [0.2, 0.25) is 0 Å². The van der Waals surface area contributed by atoms with E-state index >= 15 is 0 Å². The Kier molecular flexibility index (Phi) is 6.74. The first-order chi connectivity index (χ1) is 14.0. The van der Waals surface area contributed by atoms with Crippen LogP contribution in [0.1, 0.15) is 16.1 Å². The van der Waals surface area contributed by atoms with E-state index in [4.69, 9.17) is 4.74 Å². The van der Waals surface area contributed by atoms with Gasteiger partial charge in [-0.05, 0) is 49.4 Å². The van der Waals surface area contributed by atoms with Crippen molar-refractivity contribution >= 4 is 39.1 Å². The second-order valence-corrected chi connectivity index (χ2v) is 7.27. The van der Waals surface area contributed by atoms with E-state index < -0.39 is 0 Å². The van der Waals surface area contributed by atoms with E-state index in [-0.39, 0.29) is 18.4 Å². The Balaban J connectivity index is 1.75. The number of nitrogens with zero attached hydrogens (tertiary/aromatic N) is 1. The van der Waals surface area contributed by atoms with Gasteiger partial charge in [-0.3, -0.25) is 14.6 Å². The van der Waals surface area contributed by atoms with Crippen LogP contribution in [0.15, 0.2) is 65.1 Å². The number of aromatic nitrogens is 1. The highest BCUT2D eigenvalue weighted by molar-refractivity contribution is 9.10. The predicted molar refractivity (Wildman–Crippen MR) is 117 cm³/mol. The zero-order valence-electron chi connectivity index (χ0n) is 16.0. The van der Waals surface area contributed by atoms with Gasteiger partial charge in [0.25, 0.3) is 5.91 Å². The monoisotopic (exact) mass is 453 g/mol. The van der Waals surface area contributed by atoms with Crippen LogP contribution < -0.4 is 10.6 Å². The van der Waals surface area contributed by atoms with Crippen LogP contribution in [-0.4, -0.2) is 30.5 Å². The first kappa shape index (κ1) is 20.7. The van der Waals surface area contributed by atoms with Crippen LogP contribution in [0.3, 0.4) is 0 Å². The van der Waals surface area contributed by atoms with Gasteiger partial charge < -0.3 is 15.4 Å². The lowest BCUT2D eigenvalue weighted by Gasteiger charge is -2.11. The summed E-state index contributed by atoms with van der Waals surface area (Å²) in [6.45, 7) is 1.77. The number of carbonyl (C=O) groups is 2. The number of carbonyl (C=O) groups excluding carboxylic acids is 2. The van der Waals surface area contributed by atoms with Gasteiger partial charge in [0.2, 0.25) is 5.91 Å². The lowest BCUT2D eigenvalue weighted by Crippen LogP contribution is -2.17. The number of methoxy groups -OCH3 is 1. The first-order valence-electron chi connectivity index (χ1n) is 8.90. The molecule has 0 aliphatic carbocycles. The maximum absolute atomic E-state index is 12.7. The molecule has 0 bridgehead atoms. The third-order valence-electron chi connectivity index (χ3n) is 4.13. The summed E-state index contributed by atoms with van der Waals surface area (Å²) in [5, 5.41) is 5.55. The smallest absolute Gasteiger partial charge is 0.257 e. The number of amides is 2. The molecular formula is C22H20BrN3O3. The molecule has 0 saturated carbocycles. The molecule has 7 heteroatoms. The number of benzene rings is 2. The first-order valence-corrected chi connectivity index (χ1v) is 9.69. The van der Waals surface area contributed by atoms with Crippen molar-refractivity contribution in [3.63, 3.8) is 0 Å². The molecule has 0 atom stereocenters. The highest BCUT2D eigenvalue weighted by atomic mass is 79.9. The van der Waals surface area contributed by atoms with Gasteiger partial charge >= 0.3 is 0 Å². The quantitative estimate of drug-likeness (QED) is 0.568. The summed E-state index contributed by atoms with van der Waals surface area (Å²) >= 11 is 3.46. The van der Waals surface area contributed by atoms with Crippen molar-refractivity contribution in [2.24, 2.45) is 0 Å². The number of rotatable bonds is 6. The van der Waals surface area contributed by atoms with Gasteiger partial charge in [-0.25, -0.2) is 0 Å². The normalized spacial score (nSPS) is 10.4. The fourth-order valence-electron chi connectivity index (χ4n) is 2.81. The van der Waals surface area contributed by atoms with Crippen molar-refractivity contribution in [3.8, 4) is 11.3 Å². The molecule has 3 aromatic rings. The van der Waals surface area contributed by atoms with Crippen molar-refractivity contribution in [3.05, 3.63) is 76.4 Å². The van der Waals surface area contributed by atoms with Gasteiger partial charge in [0.15, 0.2) is 0 Å². The minimum absolute atomic E-state index is 0.0359. The summed E-state index contributed by atoms with van der Waals surface area (Å²) in [7, 11) is 1.45. The van der Waals surface area contributed by atoms with Crippen LogP contribution in [0.5, 0.6) is 0 Å². The van der Waals surface area contributed by atoms with Gasteiger partial charge in [-0.2, -0.15) is 0 Å². The van der Waals surface area contributed by atoms with Crippen molar-refractivity contribution in [1.29, 1.82) is 0 Å². The lowest BCUT2D eigenvalue weighted by molar-refractivity contribution is -0.119. The Labute approximate surface area is 177 Å². The minimum atomic E-state index is -0.267. The standard InChI is InChI=1S/C22H20BrN3O3/c1-14-19(9-10-20(24-14)15-5-3-6-16(23)11-15)22(28)26-18-8-4-7-17(12-18)25-21(27)13-29-2/h3-12H,13H2,1-2H3,(H,25,27)(H,26,28). The summed E-state index contributed by atoms with van der Waals surface area (Å²) < 4.78 is 5.76. The van der Waals surface area contributed by atoms with Gasteiger partial charge in [0.05, 0.1) is 17.0 Å². The highest BCUT2D eigenvalue weighted by Gasteiger charge is 2.12. The SMILES string of the molecule is COCC(=O)Nc1cccc(NC(=O)c2ccc(-c3cccc(Br)c3)nc2C)c1. The van der Waals surface area contributed by atoms with Crippen molar-refractivity contribution in [2.75, 3.05) is 24.4 Å². The van der Waals surface area contributed by atoms with Crippen LogP contribution in [0.4, 0.5) is 11.4 Å². The Hall–Kier alpha value is -3.03. The predicted octanol–water partition coefficient (Wildman–Crippen LogP) is 4.66. The van der Waals surface area contributed by atoms with Crippen LogP contribution in [0.25, 0.3) is 11.3 Å². The number of aryl methyl sites for hydroxylation is 1. The summed E-state index contributed by atoms with van der Waals surface area (Å²) in [6, 6.07) is 18.3. The number of halogens is 1. The average molecular weight is 454 g/mol. The van der Waals surface area contributed by atoms with E-state index in [0.29, 0.717) is 22.6 Å². The second kappa shape index (κ2) is 9.45. The molecule has 3 rings (SSSR count). The van der Waals surface area contributed by atoms with Crippen molar-refractivity contribution < 1.29 is 14.3 Å². The summed E-state index contributed by atoms with van der Waals surface area (Å²) in [5.74, 6) is -0.532. The van der Waals surface area contributed by atoms with Crippen LogP contribution in [0, 0.1) is 6.92 Å². The zero-order chi connectivity index (χ0) is 20.8. The molecule has 0 aliphatic heterocycles. The van der Waals surface area contributed by atoms with E-state index in [1.807, 2.05) is 30.3 Å². The largest absolute Gasteiger partial charge is 0.375 e. The summed E-state index contributed by atoms with van der Waals surface area (Å²) in [4.78, 5) is 28.9. The number of ether oxygens (including phenoxy) is 1. The maximum Gasteiger partial charge on any atom is 0.257 e. The molecule has 148 valence electrons. The summed E-state index contributed by atoms with van der Waals surface area (Å²) in [5.41, 5.74) is 4.02. The van der Waals surface area contributed by atoms with Crippen molar-refractivity contribution in [1.82, 2.24) is 4.98 Å². The summed E-state index contributed by atoms with van der Waals surface area (Å²) in [6.07, 6.45) is 0. The van der Waals surface area contributed by atoms with E-state index in [0.717, 1.165) is 15.7 Å². The molecule has 0 aliphatic rings. The average Bonchev–Trinajstić information content (AvgIpc) is 2.68. The van der Waals surface area contributed by atoms with Crippen LogP contribution >= 0.6 is 15.9 Å². The molecule has 2 amide bonds. The van der Waals surface area contributed by atoms with E-state index in [1.165, 1.54) is 7.11 Å².